The highest BCUT2D eigenvalue weighted by molar-refractivity contribution is 5.85. The fourth-order valence-electron chi connectivity index (χ4n) is 5.22. The van der Waals surface area contributed by atoms with Crippen LogP contribution < -0.4 is 10.5 Å². The molecule has 1 amide bonds. The second-order valence-corrected chi connectivity index (χ2v) is 9.51. The first-order chi connectivity index (χ1) is 15.1. The maximum absolute atomic E-state index is 11.4. The molecule has 0 bridgehead atoms. The monoisotopic (exact) mass is 423 g/mol. The van der Waals surface area contributed by atoms with Gasteiger partial charge in [0.2, 0.25) is 5.91 Å². The summed E-state index contributed by atoms with van der Waals surface area (Å²) < 4.78 is 6.53. The fraction of sp³-hybridized carbons (Fsp3) is 0.615. The Balaban J connectivity index is 1.32. The first kappa shape index (κ1) is 22.1. The number of nitrogens with two attached hydrogens (primary N) is 1. The number of fused-ring (bicyclic) bond motifs is 1. The highest BCUT2D eigenvalue weighted by Crippen LogP contribution is 2.31. The summed E-state index contributed by atoms with van der Waals surface area (Å²) in [5.41, 5.74) is 7.81. The van der Waals surface area contributed by atoms with Crippen LogP contribution in [0.25, 0.3) is 10.9 Å². The number of ether oxygens (including phenoxy) is 1. The lowest BCUT2D eigenvalue weighted by Crippen LogP contribution is -2.41. The largest absolute Gasteiger partial charge is 0.488 e. The Kier molecular flexibility index (Phi) is 7.44. The predicted molar refractivity (Wildman–Crippen MR) is 125 cm³/mol. The van der Waals surface area contributed by atoms with E-state index >= 15 is 0 Å². The molecule has 1 saturated carbocycles. The molecule has 1 aliphatic heterocycles. The molecule has 5 nitrogen and oxygen atoms in total. The molecule has 5 heteroatoms. The van der Waals surface area contributed by atoms with E-state index in [4.69, 9.17) is 10.5 Å². The Morgan fingerprint density at radius 3 is 2.65 bits per heavy atom. The molecule has 1 aliphatic carbocycles. The van der Waals surface area contributed by atoms with Crippen LogP contribution in [0.4, 0.5) is 0 Å². The standard InChI is InChI=1S/C26H37N3O2/c1-2-3-5-20-16-22-6-4-13-28-25(22)24(17-20)31-23-11-14-29(15-12-23)18-19-7-9-21(10-8-19)26(27)30/h4,6,13,16-17,19,21,23H,2-3,5,7-12,14-15,18H2,1H3,(H2,27,30). The Morgan fingerprint density at radius 2 is 1.94 bits per heavy atom. The van der Waals surface area contributed by atoms with Gasteiger partial charge in [-0.1, -0.05) is 19.4 Å². The molecule has 2 aliphatic rings. The predicted octanol–water partition coefficient (Wildman–Crippen LogP) is 4.71. The molecule has 4 rings (SSSR count). The van der Waals surface area contributed by atoms with Gasteiger partial charge in [0.1, 0.15) is 17.4 Å². The maximum Gasteiger partial charge on any atom is 0.220 e. The molecule has 168 valence electrons. The smallest absolute Gasteiger partial charge is 0.220 e. The summed E-state index contributed by atoms with van der Waals surface area (Å²) in [5.74, 6) is 1.65. The summed E-state index contributed by atoms with van der Waals surface area (Å²) in [7, 11) is 0. The third kappa shape index (κ3) is 5.76. The van der Waals surface area contributed by atoms with Gasteiger partial charge in [-0.2, -0.15) is 0 Å². The van der Waals surface area contributed by atoms with Crippen molar-refractivity contribution in [1.29, 1.82) is 0 Å². The number of carbonyl (C=O) groups excluding carboxylic acids is 1. The number of piperidine rings is 1. The number of aryl methyl sites for hydroxylation is 1. The summed E-state index contributed by atoms with van der Waals surface area (Å²) in [6.07, 6.45) is 11.9. The number of aromatic nitrogens is 1. The number of hydrogen-bond donors (Lipinski definition) is 1. The van der Waals surface area contributed by atoms with Crippen LogP contribution >= 0.6 is 0 Å². The molecule has 0 spiro atoms. The van der Waals surface area contributed by atoms with Crippen molar-refractivity contribution in [2.24, 2.45) is 17.6 Å². The molecule has 2 heterocycles. The number of rotatable bonds is 8. The van der Waals surface area contributed by atoms with Gasteiger partial charge in [0.25, 0.3) is 0 Å². The lowest BCUT2D eigenvalue weighted by Gasteiger charge is -2.36. The maximum atomic E-state index is 11.4. The Labute approximate surface area is 186 Å². The van der Waals surface area contributed by atoms with Gasteiger partial charge in [0, 0.05) is 37.1 Å². The summed E-state index contributed by atoms with van der Waals surface area (Å²) in [5, 5.41) is 1.18. The zero-order chi connectivity index (χ0) is 21.6. The number of likely N-dealkylation sites (tertiary alicyclic amines) is 1. The highest BCUT2D eigenvalue weighted by atomic mass is 16.5. The average molecular weight is 424 g/mol. The van der Waals surface area contributed by atoms with Crippen molar-refractivity contribution in [2.75, 3.05) is 19.6 Å². The number of hydrogen-bond acceptors (Lipinski definition) is 4. The normalized spacial score (nSPS) is 23.1. The van der Waals surface area contributed by atoms with Gasteiger partial charge in [-0.15, -0.1) is 0 Å². The average Bonchev–Trinajstić information content (AvgIpc) is 2.79. The van der Waals surface area contributed by atoms with Crippen molar-refractivity contribution in [3.8, 4) is 5.75 Å². The van der Waals surface area contributed by atoms with E-state index in [9.17, 15) is 4.79 Å². The Bertz CT molecular complexity index is 868. The molecule has 2 aromatic rings. The summed E-state index contributed by atoms with van der Waals surface area (Å²) in [6.45, 7) is 5.55. The summed E-state index contributed by atoms with van der Waals surface area (Å²) >= 11 is 0. The molecule has 2 N–H and O–H groups in total. The number of pyridine rings is 1. The summed E-state index contributed by atoms with van der Waals surface area (Å²) in [6, 6.07) is 8.63. The Hall–Kier alpha value is -2.14. The first-order valence-electron chi connectivity index (χ1n) is 12.2. The van der Waals surface area contributed by atoms with Crippen LogP contribution in [0.1, 0.15) is 63.9 Å². The molecule has 31 heavy (non-hydrogen) atoms. The van der Waals surface area contributed by atoms with Crippen LogP contribution in [0.15, 0.2) is 30.5 Å². The SMILES string of the molecule is CCCCc1cc(OC2CCN(CC3CCC(C(N)=O)CC3)CC2)c2ncccc2c1. The highest BCUT2D eigenvalue weighted by Gasteiger charge is 2.28. The van der Waals surface area contributed by atoms with E-state index in [0.29, 0.717) is 5.92 Å². The molecule has 0 unspecified atom stereocenters. The van der Waals surface area contributed by atoms with Crippen molar-refractivity contribution < 1.29 is 9.53 Å². The zero-order valence-corrected chi connectivity index (χ0v) is 18.9. The van der Waals surface area contributed by atoms with Gasteiger partial charge in [-0.3, -0.25) is 9.78 Å². The van der Waals surface area contributed by atoms with E-state index in [1.165, 1.54) is 23.8 Å². The lowest BCUT2D eigenvalue weighted by molar-refractivity contribution is -0.123. The van der Waals surface area contributed by atoms with Gasteiger partial charge < -0.3 is 15.4 Å². The van der Waals surface area contributed by atoms with Crippen molar-refractivity contribution in [1.82, 2.24) is 9.88 Å². The molecule has 1 saturated heterocycles. The van der Waals surface area contributed by atoms with Crippen molar-refractivity contribution in [2.45, 2.75) is 70.8 Å². The van der Waals surface area contributed by atoms with E-state index in [2.05, 4.69) is 35.0 Å². The minimum absolute atomic E-state index is 0.104. The molecular weight excluding hydrogens is 386 g/mol. The second kappa shape index (κ2) is 10.4. The van der Waals surface area contributed by atoms with Gasteiger partial charge >= 0.3 is 0 Å². The molecular formula is C26H37N3O2. The topological polar surface area (TPSA) is 68.5 Å². The third-order valence-corrected chi connectivity index (χ3v) is 7.14. The lowest BCUT2D eigenvalue weighted by atomic mass is 9.81. The summed E-state index contributed by atoms with van der Waals surface area (Å²) in [4.78, 5) is 18.6. The minimum Gasteiger partial charge on any atom is -0.488 e. The zero-order valence-electron chi connectivity index (χ0n) is 18.9. The van der Waals surface area contributed by atoms with Gasteiger partial charge in [-0.25, -0.2) is 0 Å². The number of nitrogens with zero attached hydrogens (tertiary/aromatic N) is 2. The van der Waals surface area contributed by atoms with E-state index < -0.39 is 0 Å². The van der Waals surface area contributed by atoms with E-state index in [1.54, 1.807) is 0 Å². The van der Waals surface area contributed by atoms with E-state index in [0.717, 1.165) is 75.8 Å². The number of carbonyl (C=O) groups is 1. The molecule has 0 radical (unpaired) electrons. The van der Waals surface area contributed by atoms with Crippen LogP contribution in [-0.2, 0) is 11.2 Å². The van der Waals surface area contributed by atoms with Gasteiger partial charge in [-0.05, 0) is 81.0 Å². The number of benzene rings is 1. The van der Waals surface area contributed by atoms with Crippen LogP contribution in [-0.4, -0.2) is 41.5 Å². The van der Waals surface area contributed by atoms with Crippen LogP contribution in [0, 0.1) is 11.8 Å². The van der Waals surface area contributed by atoms with Crippen LogP contribution in [0.5, 0.6) is 5.75 Å². The van der Waals surface area contributed by atoms with Gasteiger partial charge in [0.15, 0.2) is 0 Å². The van der Waals surface area contributed by atoms with E-state index in [1.807, 2.05) is 12.3 Å². The third-order valence-electron chi connectivity index (χ3n) is 7.14. The minimum atomic E-state index is -0.114. The number of unbranched alkanes of at least 4 members (excludes halogenated alkanes) is 1. The second-order valence-electron chi connectivity index (χ2n) is 9.51. The van der Waals surface area contributed by atoms with Crippen LogP contribution in [0.3, 0.4) is 0 Å². The Morgan fingerprint density at radius 1 is 1.16 bits per heavy atom. The van der Waals surface area contributed by atoms with Crippen molar-refractivity contribution >= 4 is 16.8 Å². The van der Waals surface area contributed by atoms with Crippen LogP contribution in [0.2, 0.25) is 0 Å². The van der Waals surface area contributed by atoms with Crippen molar-refractivity contribution in [3.63, 3.8) is 0 Å². The molecule has 2 fully saturated rings. The fourth-order valence-corrected chi connectivity index (χ4v) is 5.22. The van der Waals surface area contributed by atoms with E-state index in [-0.39, 0.29) is 17.9 Å². The molecule has 1 aromatic heterocycles. The first-order valence-corrected chi connectivity index (χ1v) is 12.2. The molecule has 1 aromatic carbocycles. The molecule has 0 atom stereocenters. The van der Waals surface area contributed by atoms with Crippen molar-refractivity contribution in [3.05, 3.63) is 36.0 Å². The van der Waals surface area contributed by atoms with Gasteiger partial charge in [0.05, 0.1) is 0 Å². The quantitative estimate of drug-likeness (QED) is 0.667. The number of amides is 1. The number of primary amides is 1.